The molecule has 9 nitrogen and oxygen atoms in total. The molecule has 0 N–H and O–H groups in total. The van der Waals surface area contributed by atoms with Gasteiger partial charge in [-0.15, -0.1) is 0 Å². The van der Waals surface area contributed by atoms with E-state index in [0.717, 1.165) is 5.56 Å². The SMILES string of the molecule is COC[C@@H]1CN(C(=O)OC(C)(C)C)C[C@@H](c2cc(Cl)nc(B3OC(C)(C)C(C)(C)O3)c2)N1C(C)=O. The number of halogens is 1. The Morgan fingerprint density at radius 1 is 1.17 bits per heavy atom. The van der Waals surface area contributed by atoms with Crippen LogP contribution in [0.5, 0.6) is 0 Å². The molecule has 2 saturated heterocycles. The molecule has 2 fully saturated rings. The number of hydrogen-bond acceptors (Lipinski definition) is 7. The Balaban J connectivity index is 2.00. The summed E-state index contributed by atoms with van der Waals surface area (Å²) in [6.45, 7) is 15.6. The Kier molecular flexibility index (Phi) is 7.82. The van der Waals surface area contributed by atoms with Gasteiger partial charge in [-0.1, -0.05) is 11.6 Å². The van der Waals surface area contributed by atoms with Gasteiger partial charge in [0.25, 0.3) is 0 Å². The maximum atomic E-state index is 13.0. The number of hydrogen-bond donors (Lipinski definition) is 0. The zero-order valence-corrected chi connectivity index (χ0v) is 22.9. The second-order valence-corrected chi connectivity index (χ2v) is 11.6. The average molecular weight is 510 g/mol. The molecule has 3 heterocycles. The molecule has 0 radical (unpaired) electrons. The third-order valence-electron chi connectivity index (χ3n) is 6.64. The number of carbonyl (C=O) groups excluding carboxylic acids is 2. The van der Waals surface area contributed by atoms with Crippen molar-refractivity contribution in [2.45, 2.75) is 84.3 Å². The highest BCUT2D eigenvalue weighted by Gasteiger charge is 2.52. The third-order valence-corrected chi connectivity index (χ3v) is 6.84. The molecular formula is C24H37BClN3O6. The second-order valence-electron chi connectivity index (χ2n) is 11.2. The number of carbonyl (C=O) groups is 2. The third kappa shape index (κ3) is 6.10. The Bertz CT molecular complexity index is 951. The Morgan fingerprint density at radius 3 is 2.29 bits per heavy atom. The van der Waals surface area contributed by atoms with Crippen LogP contribution in [0.4, 0.5) is 4.79 Å². The summed E-state index contributed by atoms with van der Waals surface area (Å²) in [4.78, 5) is 33.6. The fourth-order valence-corrected chi connectivity index (χ4v) is 4.55. The normalized spacial score (nSPS) is 24.0. The lowest BCUT2D eigenvalue weighted by molar-refractivity contribution is -0.140. The molecule has 2 aliphatic rings. The van der Waals surface area contributed by atoms with Crippen LogP contribution in [-0.4, -0.2) is 83.6 Å². The van der Waals surface area contributed by atoms with Gasteiger partial charge in [-0.05, 0) is 66.2 Å². The maximum Gasteiger partial charge on any atom is 0.514 e. The van der Waals surface area contributed by atoms with E-state index in [4.69, 9.17) is 30.4 Å². The quantitative estimate of drug-likeness (QED) is 0.455. The number of ether oxygens (including phenoxy) is 2. The number of aromatic nitrogens is 1. The average Bonchev–Trinajstić information content (AvgIpc) is 2.93. The molecule has 0 unspecified atom stereocenters. The number of methoxy groups -OCH3 is 1. The molecule has 0 aromatic carbocycles. The molecule has 0 spiro atoms. The van der Waals surface area contributed by atoms with Crippen LogP contribution in [0.15, 0.2) is 12.1 Å². The van der Waals surface area contributed by atoms with Crippen molar-refractivity contribution < 1.29 is 28.4 Å². The number of amides is 2. The fraction of sp³-hybridized carbons (Fsp3) is 0.708. The first-order valence-electron chi connectivity index (χ1n) is 11.8. The molecule has 2 amide bonds. The number of pyridine rings is 1. The monoisotopic (exact) mass is 509 g/mol. The summed E-state index contributed by atoms with van der Waals surface area (Å²) in [5, 5.41) is 0.244. The summed E-state index contributed by atoms with van der Waals surface area (Å²) < 4.78 is 23.4. The highest BCUT2D eigenvalue weighted by molar-refractivity contribution is 6.61. The molecule has 1 aromatic heterocycles. The van der Waals surface area contributed by atoms with E-state index >= 15 is 0 Å². The van der Waals surface area contributed by atoms with Gasteiger partial charge in [0.2, 0.25) is 5.91 Å². The largest absolute Gasteiger partial charge is 0.514 e. The Hall–Kier alpha value is -1.88. The predicted octanol–water partition coefficient (Wildman–Crippen LogP) is 3.19. The van der Waals surface area contributed by atoms with Crippen molar-refractivity contribution in [2.75, 3.05) is 26.8 Å². The van der Waals surface area contributed by atoms with Crippen molar-refractivity contribution in [3.63, 3.8) is 0 Å². The summed E-state index contributed by atoms with van der Waals surface area (Å²) in [6.07, 6.45) is -0.446. The molecule has 0 bridgehead atoms. The van der Waals surface area contributed by atoms with E-state index in [1.54, 1.807) is 23.0 Å². The van der Waals surface area contributed by atoms with E-state index in [9.17, 15) is 9.59 Å². The molecule has 0 saturated carbocycles. The molecule has 2 aliphatic heterocycles. The second kappa shape index (κ2) is 9.88. The lowest BCUT2D eigenvalue weighted by atomic mass is 9.82. The van der Waals surface area contributed by atoms with E-state index in [1.807, 2.05) is 54.5 Å². The van der Waals surface area contributed by atoms with Crippen LogP contribution in [0.2, 0.25) is 5.15 Å². The van der Waals surface area contributed by atoms with Crippen molar-refractivity contribution in [1.29, 1.82) is 0 Å². The zero-order valence-electron chi connectivity index (χ0n) is 22.2. The van der Waals surface area contributed by atoms with Crippen LogP contribution >= 0.6 is 11.6 Å². The maximum absolute atomic E-state index is 13.0. The highest BCUT2D eigenvalue weighted by atomic mass is 35.5. The summed E-state index contributed by atoms with van der Waals surface area (Å²) in [5.74, 6) is -0.133. The van der Waals surface area contributed by atoms with Gasteiger partial charge in [-0.2, -0.15) is 0 Å². The molecule has 0 aliphatic carbocycles. The van der Waals surface area contributed by atoms with Gasteiger partial charge < -0.3 is 28.6 Å². The minimum absolute atomic E-state index is 0.133. The van der Waals surface area contributed by atoms with Crippen molar-refractivity contribution in [3.8, 4) is 0 Å². The summed E-state index contributed by atoms with van der Waals surface area (Å²) in [6, 6.07) is 2.68. The van der Waals surface area contributed by atoms with Gasteiger partial charge in [-0.3, -0.25) is 4.79 Å². The lowest BCUT2D eigenvalue weighted by Crippen LogP contribution is -2.59. The van der Waals surface area contributed by atoms with Crippen LogP contribution in [-0.2, 0) is 23.6 Å². The molecule has 11 heteroatoms. The Morgan fingerprint density at radius 2 is 1.77 bits per heavy atom. The van der Waals surface area contributed by atoms with Crippen LogP contribution in [0.1, 0.15) is 67.0 Å². The summed E-state index contributed by atoms with van der Waals surface area (Å²) >= 11 is 6.45. The van der Waals surface area contributed by atoms with Crippen LogP contribution in [0.25, 0.3) is 0 Å². The molecule has 2 atom stereocenters. The minimum atomic E-state index is -0.719. The summed E-state index contributed by atoms with van der Waals surface area (Å²) in [7, 11) is 0.850. The van der Waals surface area contributed by atoms with Crippen LogP contribution < -0.4 is 5.59 Å². The molecule has 194 valence electrons. The highest BCUT2D eigenvalue weighted by Crippen LogP contribution is 2.37. The lowest BCUT2D eigenvalue weighted by Gasteiger charge is -2.46. The first-order valence-corrected chi connectivity index (χ1v) is 12.2. The molecule has 35 heavy (non-hydrogen) atoms. The van der Waals surface area contributed by atoms with E-state index < -0.39 is 36.1 Å². The van der Waals surface area contributed by atoms with Crippen molar-refractivity contribution >= 4 is 36.3 Å². The van der Waals surface area contributed by atoms with Crippen molar-refractivity contribution in [3.05, 3.63) is 22.8 Å². The Labute approximate surface area is 213 Å². The number of nitrogens with zero attached hydrogens (tertiary/aromatic N) is 3. The van der Waals surface area contributed by atoms with E-state index in [1.165, 1.54) is 6.92 Å². The van der Waals surface area contributed by atoms with E-state index in [-0.39, 0.29) is 30.3 Å². The first kappa shape index (κ1) is 27.7. The summed E-state index contributed by atoms with van der Waals surface area (Å²) in [5.41, 5.74) is -0.512. The van der Waals surface area contributed by atoms with Crippen LogP contribution in [0.3, 0.4) is 0 Å². The predicted molar refractivity (Wildman–Crippen MR) is 134 cm³/mol. The van der Waals surface area contributed by atoms with Gasteiger partial charge in [0, 0.05) is 27.1 Å². The van der Waals surface area contributed by atoms with Crippen molar-refractivity contribution in [2.24, 2.45) is 0 Å². The number of rotatable bonds is 4. The standard InChI is InChI=1S/C24H37BClN3O6/c1-15(30)29-17(14-32-9)12-28(21(31)33-22(2,3)4)13-18(29)16-10-19(27-20(26)11-16)25-34-23(5,6)24(7,8)35-25/h10-11,17-18H,12-14H2,1-9H3/t17-,18-/m0/s1. The van der Waals surface area contributed by atoms with Crippen molar-refractivity contribution in [1.82, 2.24) is 14.8 Å². The zero-order chi connectivity index (χ0) is 26.3. The van der Waals surface area contributed by atoms with E-state index in [2.05, 4.69) is 4.98 Å². The molecule has 3 rings (SSSR count). The van der Waals surface area contributed by atoms with Gasteiger partial charge in [0.1, 0.15) is 10.8 Å². The molecule has 1 aromatic rings. The topological polar surface area (TPSA) is 90.4 Å². The van der Waals surface area contributed by atoms with Gasteiger partial charge in [0.15, 0.2) is 0 Å². The van der Waals surface area contributed by atoms with Gasteiger partial charge in [-0.25, -0.2) is 9.78 Å². The molecular weight excluding hydrogens is 473 g/mol. The van der Waals surface area contributed by atoms with E-state index in [0.29, 0.717) is 12.1 Å². The number of piperazine rings is 1. The van der Waals surface area contributed by atoms with Gasteiger partial charge >= 0.3 is 13.2 Å². The van der Waals surface area contributed by atoms with Gasteiger partial charge in [0.05, 0.1) is 35.5 Å². The fourth-order valence-electron chi connectivity index (χ4n) is 4.33. The minimum Gasteiger partial charge on any atom is -0.444 e. The van der Waals surface area contributed by atoms with Crippen LogP contribution in [0, 0.1) is 0 Å². The first-order chi connectivity index (χ1) is 16.0. The smallest absolute Gasteiger partial charge is 0.444 e.